The number of carboxylic acid groups (broad SMARTS) is 1. The van der Waals surface area contributed by atoms with E-state index in [1.807, 2.05) is 13.8 Å². The summed E-state index contributed by atoms with van der Waals surface area (Å²) in [6.45, 7) is 4.77. The van der Waals surface area contributed by atoms with Crippen molar-refractivity contribution in [2.75, 3.05) is 13.1 Å². The highest BCUT2D eigenvalue weighted by molar-refractivity contribution is 5.95. The molecule has 1 aliphatic rings. The molecule has 1 rings (SSSR count). The molecule has 25 heavy (non-hydrogen) atoms. The zero-order valence-electron chi connectivity index (χ0n) is 14.5. The molecule has 0 unspecified atom stereocenters. The van der Waals surface area contributed by atoms with Gasteiger partial charge in [0.25, 0.3) is 5.91 Å². The average Bonchev–Trinajstić information content (AvgIpc) is 3.29. The number of ether oxygens (including phenoxy) is 1. The van der Waals surface area contributed by atoms with Crippen LogP contribution in [0.2, 0.25) is 0 Å². The van der Waals surface area contributed by atoms with Crippen molar-refractivity contribution in [1.29, 1.82) is 0 Å². The maximum atomic E-state index is 12.3. The Labute approximate surface area is 146 Å². The summed E-state index contributed by atoms with van der Waals surface area (Å²) in [6.07, 6.45) is -0.304. The van der Waals surface area contributed by atoms with Gasteiger partial charge in [-0.05, 0) is 25.2 Å². The summed E-state index contributed by atoms with van der Waals surface area (Å²) in [5.41, 5.74) is 10.4. The molecule has 1 saturated heterocycles. The quantitative estimate of drug-likeness (QED) is 0.130. The van der Waals surface area contributed by atoms with Gasteiger partial charge in [-0.15, -0.1) is 0 Å². The summed E-state index contributed by atoms with van der Waals surface area (Å²) >= 11 is 0. The van der Waals surface area contributed by atoms with Gasteiger partial charge in [-0.1, -0.05) is 13.8 Å². The molecule has 0 aromatic heterocycles. The lowest BCUT2D eigenvalue weighted by Crippen LogP contribution is -2.49. The van der Waals surface area contributed by atoms with Gasteiger partial charge >= 0.3 is 5.97 Å². The Balaban J connectivity index is 2.40. The van der Waals surface area contributed by atoms with E-state index in [0.29, 0.717) is 25.9 Å². The molecule has 0 aromatic carbocycles. The van der Waals surface area contributed by atoms with Crippen LogP contribution in [0.15, 0.2) is 4.99 Å². The third-order valence-electron chi connectivity index (χ3n) is 3.51. The minimum Gasteiger partial charge on any atom is -0.479 e. The smallest absolute Gasteiger partial charge is 0.336 e. The largest absolute Gasteiger partial charge is 0.479 e. The molecule has 10 nitrogen and oxygen atoms in total. The van der Waals surface area contributed by atoms with Crippen molar-refractivity contribution >= 4 is 23.7 Å². The van der Waals surface area contributed by atoms with Crippen molar-refractivity contribution in [3.63, 3.8) is 0 Å². The molecule has 0 aromatic rings. The number of aliphatic imine (C=N–C) groups is 1. The second kappa shape index (κ2) is 9.82. The second-order valence-electron chi connectivity index (χ2n) is 6.31. The third-order valence-corrected chi connectivity index (χ3v) is 3.51. The van der Waals surface area contributed by atoms with Gasteiger partial charge in [-0.25, -0.2) is 4.79 Å². The minimum absolute atomic E-state index is 0.0331. The van der Waals surface area contributed by atoms with Crippen LogP contribution in [-0.4, -0.2) is 60.2 Å². The number of nitrogens with zero attached hydrogens (tertiary/aromatic N) is 1. The standard InChI is InChI=1S/C15H27N5O5/c1-8(2)7-9(20-13(22)10-11(25-10)14(23)24)12(21)18-5-3-4-6-19-15(16)17/h8-11H,3-7H2,1-2H3,(H,18,21)(H,20,22)(H,23,24)(H4,16,17,19)/t9-,10+,11-/m0/s1. The van der Waals surface area contributed by atoms with Crippen LogP contribution in [-0.2, 0) is 19.1 Å². The maximum absolute atomic E-state index is 12.3. The van der Waals surface area contributed by atoms with Crippen molar-refractivity contribution in [1.82, 2.24) is 10.6 Å². The van der Waals surface area contributed by atoms with E-state index < -0.39 is 30.1 Å². The normalized spacial score (nSPS) is 19.8. The van der Waals surface area contributed by atoms with E-state index in [4.69, 9.17) is 21.3 Å². The Hall–Kier alpha value is -2.36. The molecule has 1 heterocycles. The molecule has 0 spiro atoms. The molecule has 0 radical (unpaired) electrons. The second-order valence-corrected chi connectivity index (χ2v) is 6.31. The first-order valence-electron chi connectivity index (χ1n) is 8.24. The summed E-state index contributed by atoms with van der Waals surface area (Å²) in [5, 5.41) is 14.1. The van der Waals surface area contributed by atoms with Gasteiger partial charge in [0.1, 0.15) is 6.04 Å². The number of carboxylic acids is 1. The number of unbranched alkanes of at least 4 members (excludes halogenated alkanes) is 1. The highest BCUT2D eigenvalue weighted by Gasteiger charge is 2.51. The number of carbonyl (C=O) groups is 3. The number of aliphatic carboxylic acids is 1. The van der Waals surface area contributed by atoms with Gasteiger partial charge in [0.05, 0.1) is 0 Å². The van der Waals surface area contributed by atoms with Crippen LogP contribution in [0.4, 0.5) is 0 Å². The molecule has 1 fully saturated rings. The first kappa shape index (κ1) is 20.7. The summed E-state index contributed by atoms with van der Waals surface area (Å²) in [5.74, 6) is -1.87. The molecule has 0 bridgehead atoms. The molecule has 0 saturated carbocycles. The number of amides is 2. The highest BCUT2D eigenvalue weighted by Crippen LogP contribution is 2.22. The lowest BCUT2D eigenvalue weighted by Gasteiger charge is -2.19. The predicted octanol–water partition coefficient (Wildman–Crippen LogP) is -1.46. The summed E-state index contributed by atoms with van der Waals surface area (Å²) in [6, 6.07) is -0.733. The zero-order valence-corrected chi connectivity index (χ0v) is 14.5. The summed E-state index contributed by atoms with van der Waals surface area (Å²) in [4.78, 5) is 38.8. The van der Waals surface area contributed by atoms with Crippen LogP contribution in [0, 0.1) is 5.92 Å². The number of epoxide rings is 1. The van der Waals surface area contributed by atoms with Crippen LogP contribution in [0.25, 0.3) is 0 Å². The lowest BCUT2D eigenvalue weighted by molar-refractivity contribution is -0.138. The molecular formula is C15H27N5O5. The number of hydrogen-bond acceptors (Lipinski definition) is 5. The average molecular weight is 357 g/mol. The van der Waals surface area contributed by atoms with E-state index >= 15 is 0 Å². The van der Waals surface area contributed by atoms with E-state index in [1.54, 1.807) is 0 Å². The number of nitrogens with two attached hydrogens (primary N) is 2. The third kappa shape index (κ3) is 7.84. The first-order valence-corrected chi connectivity index (χ1v) is 8.24. The Kier molecular flexibility index (Phi) is 8.12. The minimum atomic E-state index is -1.19. The predicted molar refractivity (Wildman–Crippen MR) is 90.6 cm³/mol. The molecule has 10 heteroatoms. The van der Waals surface area contributed by atoms with Gasteiger partial charge in [0.2, 0.25) is 5.91 Å². The van der Waals surface area contributed by atoms with Crippen LogP contribution >= 0.6 is 0 Å². The van der Waals surface area contributed by atoms with Gasteiger partial charge in [-0.2, -0.15) is 0 Å². The lowest BCUT2D eigenvalue weighted by atomic mass is 10.0. The van der Waals surface area contributed by atoms with Crippen LogP contribution in [0.5, 0.6) is 0 Å². The first-order chi connectivity index (χ1) is 11.7. The van der Waals surface area contributed by atoms with Gasteiger partial charge in [0.15, 0.2) is 18.2 Å². The Morgan fingerprint density at radius 1 is 1.20 bits per heavy atom. The number of rotatable bonds is 11. The molecular weight excluding hydrogens is 330 g/mol. The van der Waals surface area contributed by atoms with Crippen LogP contribution in [0.1, 0.15) is 33.1 Å². The van der Waals surface area contributed by atoms with E-state index in [-0.39, 0.29) is 17.8 Å². The Morgan fingerprint density at radius 3 is 2.40 bits per heavy atom. The topological polar surface area (TPSA) is 172 Å². The highest BCUT2D eigenvalue weighted by atomic mass is 16.6. The Morgan fingerprint density at radius 2 is 1.88 bits per heavy atom. The monoisotopic (exact) mass is 357 g/mol. The summed E-state index contributed by atoms with van der Waals surface area (Å²) < 4.78 is 4.79. The van der Waals surface area contributed by atoms with Crippen molar-refractivity contribution in [3.05, 3.63) is 0 Å². The molecule has 1 aliphatic heterocycles. The fourth-order valence-corrected chi connectivity index (χ4v) is 2.24. The molecule has 3 atom stereocenters. The Bertz CT molecular complexity index is 518. The van der Waals surface area contributed by atoms with Crippen molar-refractivity contribution < 1.29 is 24.2 Å². The van der Waals surface area contributed by atoms with Gasteiger partial charge in [0, 0.05) is 13.1 Å². The molecule has 7 N–H and O–H groups in total. The van der Waals surface area contributed by atoms with E-state index in [1.165, 1.54) is 0 Å². The zero-order chi connectivity index (χ0) is 19.0. The van der Waals surface area contributed by atoms with E-state index in [0.717, 1.165) is 6.42 Å². The summed E-state index contributed by atoms with van der Waals surface area (Å²) in [7, 11) is 0. The molecule has 2 amide bonds. The fraction of sp³-hybridized carbons (Fsp3) is 0.733. The molecule has 0 aliphatic carbocycles. The van der Waals surface area contributed by atoms with Crippen molar-refractivity contribution in [2.45, 2.75) is 51.4 Å². The van der Waals surface area contributed by atoms with E-state index in [2.05, 4.69) is 15.6 Å². The van der Waals surface area contributed by atoms with Crippen molar-refractivity contribution in [2.24, 2.45) is 22.4 Å². The number of carbonyl (C=O) groups excluding carboxylic acids is 2. The SMILES string of the molecule is CC(C)C[C@H](NC(=O)[C@@H]1O[C@@H]1C(=O)O)C(=O)NCCCCN=C(N)N. The number of guanidine groups is 1. The van der Waals surface area contributed by atoms with Crippen LogP contribution < -0.4 is 22.1 Å². The fourth-order valence-electron chi connectivity index (χ4n) is 2.24. The van der Waals surface area contributed by atoms with Gasteiger partial charge < -0.3 is 31.9 Å². The van der Waals surface area contributed by atoms with E-state index in [9.17, 15) is 14.4 Å². The number of nitrogens with one attached hydrogen (secondary N) is 2. The molecule has 142 valence electrons. The van der Waals surface area contributed by atoms with Crippen LogP contribution in [0.3, 0.4) is 0 Å². The maximum Gasteiger partial charge on any atom is 0.336 e. The number of hydrogen-bond donors (Lipinski definition) is 5. The van der Waals surface area contributed by atoms with Gasteiger partial charge in [-0.3, -0.25) is 14.6 Å². The van der Waals surface area contributed by atoms with Crippen molar-refractivity contribution in [3.8, 4) is 0 Å².